The standard InChI is InChI=1S/C7H15ClSi/c1-6(2)7(8)9(3,4)5/h7H,1H2,2-5H3. The van der Waals surface area contributed by atoms with Crippen LogP contribution in [0.2, 0.25) is 19.6 Å². The van der Waals surface area contributed by atoms with E-state index in [4.69, 9.17) is 11.6 Å². The fourth-order valence-corrected chi connectivity index (χ4v) is 2.22. The Morgan fingerprint density at radius 2 is 1.78 bits per heavy atom. The molecular formula is C7H15ClSi. The number of hydrogen-bond donors (Lipinski definition) is 0. The number of alkyl halides is 1. The van der Waals surface area contributed by atoms with Crippen molar-refractivity contribution in [2.75, 3.05) is 0 Å². The molecule has 0 aliphatic carbocycles. The molecule has 0 aromatic rings. The van der Waals surface area contributed by atoms with Crippen LogP contribution in [0, 0.1) is 0 Å². The van der Waals surface area contributed by atoms with Crippen molar-refractivity contribution in [3.05, 3.63) is 12.2 Å². The Morgan fingerprint density at radius 1 is 1.44 bits per heavy atom. The maximum absolute atomic E-state index is 6.05. The van der Waals surface area contributed by atoms with Gasteiger partial charge in [-0.3, -0.25) is 0 Å². The Balaban J connectivity index is 4.04. The zero-order chi connectivity index (χ0) is 7.65. The lowest BCUT2D eigenvalue weighted by Crippen LogP contribution is -2.34. The van der Waals surface area contributed by atoms with E-state index < -0.39 is 8.07 Å². The highest BCUT2D eigenvalue weighted by Gasteiger charge is 2.24. The van der Waals surface area contributed by atoms with Gasteiger partial charge in [-0.25, -0.2) is 0 Å². The Bertz CT molecular complexity index is 113. The molecule has 0 rings (SSSR count). The van der Waals surface area contributed by atoms with Crippen LogP contribution in [-0.2, 0) is 0 Å². The summed E-state index contributed by atoms with van der Waals surface area (Å²) in [6.45, 7) is 12.6. The van der Waals surface area contributed by atoms with Crippen LogP contribution in [0.1, 0.15) is 6.92 Å². The molecule has 9 heavy (non-hydrogen) atoms. The Morgan fingerprint density at radius 3 is 1.78 bits per heavy atom. The molecule has 0 aromatic carbocycles. The molecule has 0 heterocycles. The normalized spacial score (nSPS) is 15.2. The smallest absolute Gasteiger partial charge is 0.0700 e. The molecule has 0 N–H and O–H groups in total. The van der Waals surface area contributed by atoms with Crippen molar-refractivity contribution < 1.29 is 0 Å². The average molecular weight is 163 g/mol. The average Bonchev–Trinajstić information content (AvgIpc) is 1.62. The first-order chi connectivity index (χ1) is 3.85. The minimum atomic E-state index is -1.16. The van der Waals surface area contributed by atoms with Crippen molar-refractivity contribution in [2.24, 2.45) is 0 Å². The maximum Gasteiger partial charge on any atom is 0.0700 e. The summed E-state index contributed by atoms with van der Waals surface area (Å²) in [6, 6.07) is 0. The van der Waals surface area contributed by atoms with Gasteiger partial charge in [-0.15, -0.1) is 11.6 Å². The van der Waals surface area contributed by atoms with Crippen LogP contribution < -0.4 is 0 Å². The van der Waals surface area contributed by atoms with E-state index in [0.717, 1.165) is 5.57 Å². The first-order valence-electron chi connectivity index (χ1n) is 3.15. The predicted molar refractivity (Wildman–Crippen MR) is 47.8 cm³/mol. The van der Waals surface area contributed by atoms with E-state index in [9.17, 15) is 0 Å². The monoisotopic (exact) mass is 162 g/mol. The largest absolute Gasteiger partial charge is 0.122 e. The second kappa shape index (κ2) is 2.89. The van der Waals surface area contributed by atoms with Crippen molar-refractivity contribution in [3.63, 3.8) is 0 Å². The minimum absolute atomic E-state index is 0.234. The third kappa shape index (κ3) is 3.07. The molecule has 0 saturated heterocycles. The zero-order valence-corrected chi connectivity index (χ0v) is 8.42. The summed E-state index contributed by atoms with van der Waals surface area (Å²) in [5.41, 5.74) is 1.11. The lowest BCUT2D eigenvalue weighted by Gasteiger charge is -2.22. The summed E-state index contributed by atoms with van der Waals surface area (Å²) in [7, 11) is -1.16. The van der Waals surface area contributed by atoms with E-state index in [1.807, 2.05) is 6.92 Å². The molecule has 0 fully saturated rings. The lowest BCUT2D eigenvalue weighted by molar-refractivity contribution is 1.27. The summed E-state index contributed by atoms with van der Waals surface area (Å²) in [6.07, 6.45) is 0. The molecule has 0 spiro atoms. The van der Waals surface area contributed by atoms with Crippen molar-refractivity contribution in [3.8, 4) is 0 Å². The van der Waals surface area contributed by atoms with Crippen LogP contribution in [0.5, 0.6) is 0 Å². The molecule has 2 heteroatoms. The van der Waals surface area contributed by atoms with Gasteiger partial charge in [0.15, 0.2) is 0 Å². The van der Waals surface area contributed by atoms with Crippen LogP contribution in [0.3, 0.4) is 0 Å². The van der Waals surface area contributed by atoms with E-state index in [2.05, 4.69) is 26.2 Å². The van der Waals surface area contributed by atoms with Crippen LogP contribution in [0.25, 0.3) is 0 Å². The van der Waals surface area contributed by atoms with Crippen LogP contribution >= 0.6 is 11.6 Å². The highest BCUT2D eigenvalue weighted by atomic mass is 35.5. The van der Waals surface area contributed by atoms with Gasteiger partial charge >= 0.3 is 0 Å². The first kappa shape index (κ1) is 9.25. The molecule has 0 saturated carbocycles. The van der Waals surface area contributed by atoms with Crippen LogP contribution in [0.4, 0.5) is 0 Å². The molecule has 0 aromatic heterocycles. The van der Waals surface area contributed by atoms with Gasteiger partial charge < -0.3 is 0 Å². The molecular weight excluding hydrogens is 148 g/mol. The third-order valence-electron chi connectivity index (χ3n) is 1.19. The second-order valence-corrected chi connectivity index (χ2v) is 9.69. The molecule has 1 unspecified atom stereocenters. The summed E-state index contributed by atoms with van der Waals surface area (Å²) in [5.74, 6) is 0. The molecule has 0 amide bonds. The van der Waals surface area contributed by atoms with Crippen LogP contribution in [0.15, 0.2) is 12.2 Å². The van der Waals surface area contributed by atoms with Gasteiger partial charge in [0.05, 0.1) is 8.07 Å². The Hall–Kier alpha value is 0.247. The highest BCUT2D eigenvalue weighted by Crippen LogP contribution is 2.19. The van der Waals surface area contributed by atoms with Crippen molar-refractivity contribution in [1.82, 2.24) is 0 Å². The van der Waals surface area contributed by atoms with E-state index in [0.29, 0.717) is 0 Å². The van der Waals surface area contributed by atoms with Gasteiger partial charge in [-0.05, 0) is 6.92 Å². The maximum atomic E-state index is 6.05. The predicted octanol–water partition coefficient (Wildman–Crippen LogP) is 3.05. The van der Waals surface area contributed by atoms with Gasteiger partial charge in [0.2, 0.25) is 0 Å². The fraction of sp³-hybridized carbons (Fsp3) is 0.714. The van der Waals surface area contributed by atoms with Gasteiger partial charge in [-0.2, -0.15) is 0 Å². The third-order valence-corrected chi connectivity index (χ3v) is 5.54. The number of halogens is 1. The summed E-state index contributed by atoms with van der Waals surface area (Å²) in [4.78, 5) is 0. The van der Waals surface area contributed by atoms with Gasteiger partial charge in [0.1, 0.15) is 0 Å². The number of rotatable bonds is 2. The fourth-order valence-electron chi connectivity index (χ4n) is 0.739. The van der Waals surface area contributed by atoms with E-state index >= 15 is 0 Å². The molecule has 54 valence electrons. The zero-order valence-electron chi connectivity index (χ0n) is 6.66. The first-order valence-corrected chi connectivity index (χ1v) is 7.16. The van der Waals surface area contributed by atoms with Crippen LogP contribution in [-0.4, -0.2) is 13.1 Å². The van der Waals surface area contributed by atoms with Crippen molar-refractivity contribution in [1.29, 1.82) is 0 Å². The summed E-state index contributed by atoms with van der Waals surface area (Å²) >= 11 is 6.05. The Kier molecular flexibility index (Phi) is 2.97. The lowest BCUT2D eigenvalue weighted by atomic mass is 10.4. The van der Waals surface area contributed by atoms with Gasteiger partial charge in [0.25, 0.3) is 0 Å². The molecule has 0 radical (unpaired) electrons. The quantitative estimate of drug-likeness (QED) is 0.333. The second-order valence-electron chi connectivity index (χ2n) is 3.57. The summed E-state index contributed by atoms with van der Waals surface area (Å²) in [5, 5.41) is 0.234. The van der Waals surface area contributed by atoms with Gasteiger partial charge in [0, 0.05) is 5.00 Å². The molecule has 0 aliphatic rings. The Labute approximate surface area is 63.9 Å². The van der Waals surface area contributed by atoms with Crippen molar-refractivity contribution in [2.45, 2.75) is 31.6 Å². The van der Waals surface area contributed by atoms with Gasteiger partial charge in [-0.1, -0.05) is 31.8 Å². The van der Waals surface area contributed by atoms with E-state index in [1.54, 1.807) is 0 Å². The van der Waals surface area contributed by atoms with Crippen molar-refractivity contribution >= 4 is 19.7 Å². The molecule has 0 aliphatic heterocycles. The minimum Gasteiger partial charge on any atom is -0.122 e. The van der Waals surface area contributed by atoms with E-state index in [-0.39, 0.29) is 5.00 Å². The summed E-state index contributed by atoms with van der Waals surface area (Å²) < 4.78 is 0. The SMILES string of the molecule is C=C(C)C(Cl)[Si](C)(C)C. The van der Waals surface area contributed by atoms with E-state index in [1.165, 1.54) is 0 Å². The number of hydrogen-bond acceptors (Lipinski definition) is 0. The number of allylic oxidation sites excluding steroid dienone is 1. The molecule has 1 atom stereocenters. The highest BCUT2D eigenvalue weighted by molar-refractivity contribution is 6.84. The molecule has 0 bridgehead atoms. The topological polar surface area (TPSA) is 0 Å². The molecule has 0 nitrogen and oxygen atoms in total.